The summed E-state index contributed by atoms with van der Waals surface area (Å²) >= 11 is 0. The molecule has 0 bridgehead atoms. The number of nitrogens with zero attached hydrogens (tertiary/aromatic N) is 4. The SMILES string of the molecule is CNC(=O)c1cc(Oc2ccc(Nc3ncc(N4CCOCC4)c(Nc4cccc(NC(=O)OC(C)(C)C)c4)n3)cc2)ccn1. The highest BCUT2D eigenvalue weighted by Gasteiger charge is 2.19. The van der Waals surface area contributed by atoms with Gasteiger partial charge in [0.1, 0.15) is 22.8 Å². The van der Waals surface area contributed by atoms with Crippen molar-refractivity contribution in [3.05, 3.63) is 78.8 Å². The predicted molar refractivity (Wildman–Crippen MR) is 172 cm³/mol. The summed E-state index contributed by atoms with van der Waals surface area (Å²) in [5.41, 5.74) is 2.53. The molecule has 0 aliphatic carbocycles. The molecule has 1 fully saturated rings. The normalized spacial score (nSPS) is 13.0. The second-order valence-corrected chi connectivity index (χ2v) is 11.1. The van der Waals surface area contributed by atoms with E-state index in [0.29, 0.717) is 55.3 Å². The number of nitrogens with one attached hydrogen (secondary N) is 4. The average Bonchev–Trinajstić information content (AvgIpc) is 3.01. The van der Waals surface area contributed by atoms with Crippen molar-refractivity contribution < 1.29 is 23.8 Å². The van der Waals surface area contributed by atoms with Crippen LogP contribution in [0.15, 0.2) is 73.1 Å². The number of carbonyl (C=O) groups excluding carboxylic acids is 2. The van der Waals surface area contributed by atoms with Crippen LogP contribution in [0.3, 0.4) is 0 Å². The van der Waals surface area contributed by atoms with Crippen LogP contribution in [-0.2, 0) is 9.47 Å². The predicted octanol–water partition coefficient (Wildman–Crippen LogP) is 5.69. The third-order valence-corrected chi connectivity index (χ3v) is 6.43. The van der Waals surface area contributed by atoms with Gasteiger partial charge in [0.05, 0.1) is 25.1 Å². The number of benzene rings is 2. The van der Waals surface area contributed by atoms with Crippen molar-refractivity contribution in [3.8, 4) is 11.5 Å². The number of ether oxygens (including phenoxy) is 3. The monoisotopic (exact) mass is 612 g/mol. The lowest BCUT2D eigenvalue weighted by molar-refractivity contribution is 0.0635. The molecule has 0 spiro atoms. The Labute approximate surface area is 261 Å². The quantitative estimate of drug-likeness (QED) is 0.184. The fourth-order valence-corrected chi connectivity index (χ4v) is 4.39. The number of morpholine rings is 1. The smallest absolute Gasteiger partial charge is 0.412 e. The summed E-state index contributed by atoms with van der Waals surface area (Å²) < 4.78 is 16.8. The highest BCUT2D eigenvalue weighted by molar-refractivity contribution is 5.92. The van der Waals surface area contributed by atoms with E-state index in [0.717, 1.165) is 17.1 Å². The Bertz CT molecular complexity index is 1640. The largest absolute Gasteiger partial charge is 0.457 e. The standard InChI is InChI=1S/C32H36N8O5/c1-32(2,3)45-31(42)38-23-7-5-6-22(18-23)36-28-27(40-14-16-43-17-15-40)20-35-30(39-28)37-21-8-10-24(11-9-21)44-25-12-13-34-26(19-25)29(41)33-4/h5-13,18-20H,14-17H2,1-4H3,(H,33,41)(H,38,42)(H2,35,36,37,39). The van der Waals surface area contributed by atoms with E-state index in [-0.39, 0.29) is 11.6 Å². The van der Waals surface area contributed by atoms with Crippen molar-refractivity contribution in [1.29, 1.82) is 0 Å². The summed E-state index contributed by atoms with van der Waals surface area (Å²) in [6, 6.07) is 17.8. The van der Waals surface area contributed by atoms with Gasteiger partial charge < -0.3 is 35.1 Å². The number of anilines is 6. The van der Waals surface area contributed by atoms with Crippen LogP contribution in [0.25, 0.3) is 0 Å². The van der Waals surface area contributed by atoms with Crippen LogP contribution in [0.4, 0.5) is 39.3 Å². The molecule has 2 aromatic heterocycles. The van der Waals surface area contributed by atoms with Crippen LogP contribution in [0, 0.1) is 0 Å². The van der Waals surface area contributed by atoms with Gasteiger partial charge in [0.25, 0.3) is 5.91 Å². The molecule has 4 aromatic rings. The summed E-state index contributed by atoms with van der Waals surface area (Å²) in [6.45, 7) is 8.06. The molecule has 13 nitrogen and oxygen atoms in total. The highest BCUT2D eigenvalue weighted by Crippen LogP contribution is 2.31. The van der Waals surface area contributed by atoms with Crippen molar-refractivity contribution in [3.63, 3.8) is 0 Å². The molecule has 5 rings (SSSR count). The lowest BCUT2D eigenvalue weighted by atomic mass is 10.2. The first-order valence-corrected chi connectivity index (χ1v) is 14.4. The zero-order chi connectivity index (χ0) is 31.8. The van der Waals surface area contributed by atoms with E-state index < -0.39 is 11.7 Å². The molecular formula is C32H36N8O5. The fraction of sp³-hybridized carbons (Fsp3) is 0.281. The summed E-state index contributed by atoms with van der Waals surface area (Å²) in [5, 5.41) is 12.0. The van der Waals surface area contributed by atoms with Crippen LogP contribution < -0.4 is 30.9 Å². The average molecular weight is 613 g/mol. The maximum Gasteiger partial charge on any atom is 0.412 e. The van der Waals surface area contributed by atoms with Crippen LogP contribution in [0.2, 0.25) is 0 Å². The second-order valence-electron chi connectivity index (χ2n) is 11.1. The lowest BCUT2D eigenvalue weighted by Gasteiger charge is -2.30. The number of aromatic nitrogens is 3. The Morgan fingerprint density at radius 2 is 1.64 bits per heavy atom. The maximum absolute atomic E-state index is 12.3. The molecule has 0 saturated carbocycles. The van der Waals surface area contributed by atoms with Crippen molar-refractivity contribution in [2.24, 2.45) is 0 Å². The van der Waals surface area contributed by atoms with Crippen LogP contribution >= 0.6 is 0 Å². The highest BCUT2D eigenvalue weighted by atomic mass is 16.6. The summed E-state index contributed by atoms with van der Waals surface area (Å²) in [6.07, 6.45) is 2.76. The van der Waals surface area contributed by atoms with Gasteiger partial charge in [0, 0.05) is 49.5 Å². The molecule has 1 aliphatic heterocycles. The first kappa shape index (κ1) is 31.0. The zero-order valence-electron chi connectivity index (χ0n) is 25.6. The lowest BCUT2D eigenvalue weighted by Crippen LogP contribution is -2.36. The first-order valence-electron chi connectivity index (χ1n) is 14.4. The zero-order valence-corrected chi connectivity index (χ0v) is 25.6. The summed E-state index contributed by atoms with van der Waals surface area (Å²) in [7, 11) is 1.55. The van der Waals surface area contributed by atoms with Crippen molar-refractivity contribution >= 4 is 46.5 Å². The van der Waals surface area contributed by atoms with E-state index in [1.807, 2.05) is 45.0 Å². The minimum Gasteiger partial charge on any atom is -0.457 e. The number of carbonyl (C=O) groups is 2. The topological polar surface area (TPSA) is 152 Å². The van der Waals surface area contributed by atoms with Crippen LogP contribution in [0.5, 0.6) is 11.5 Å². The van der Waals surface area contributed by atoms with E-state index in [4.69, 9.17) is 19.2 Å². The molecule has 0 atom stereocenters. The molecule has 3 heterocycles. The third kappa shape index (κ3) is 8.80. The minimum absolute atomic E-state index is 0.265. The van der Waals surface area contributed by atoms with Gasteiger partial charge in [-0.3, -0.25) is 15.1 Å². The number of pyridine rings is 1. The number of amides is 2. The Kier molecular flexibility index (Phi) is 9.58. The number of rotatable bonds is 9. The second kappa shape index (κ2) is 13.9. The van der Waals surface area contributed by atoms with Crippen molar-refractivity contribution in [2.75, 3.05) is 54.2 Å². The fourth-order valence-electron chi connectivity index (χ4n) is 4.39. The molecule has 2 aromatic carbocycles. The van der Waals surface area contributed by atoms with Gasteiger partial charge in [0.2, 0.25) is 5.95 Å². The molecule has 0 radical (unpaired) electrons. The van der Waals surface area contributed by atoms with Gasteiger partial charge in [-0.1, -0.05) is 6.07 Å². The van der Waals surface area contributed by atoms with Crippen LogP contribution in [-0.4, -0.2) is 65.9 Å². The Hall–Kier alpha value is -5.43. The molecule has 45 heavy (non-hydrogen) atoms. The molecule has 13 heteroatoms. The van der Waals surface area contributed by atoms with E-state index in [1.165, 1.54) is 6.20 Å². The maximum atomic E-state index is 12.3. The third-order valence-electron chi connectivity index (χ3n) is 6.43. The van der Waals surface area contributed by atoms with E-state index in [1.54, 1.807) is 49.6 Å². The van der Waals surface area contributed by atoms with Gasteiger partial charge in [-0.2, -0.15) is 4.98 Å². The van der Waals surface area contributed by atoms with E-state index in [9.17, 15) is 9.59 Å². The Morgan fingerprint density at radius 3 is 2.38 bits per heavy atom. The molecular weight excluding hydrogens is 576 g/mol. The molecule has 0 unspecified atom stereocenters. The van der Waals surface area contributed by atoms with Gasteiger partial charge in [-0.05, 0) is 69.3 Å². The number of hydrogen-bond donors (Lipinski definition) is 4. The van der Waals surface area contributed by atoms with Crippen LogP contribution in [0.1, 0.15) is 31.3 Å². The Balaban J connectivity index is 1.32. The van der Waals surface area contributed by atoms with E-state index >= 15 is 0 Å². The molecule has 4 N–H and O–H groups in total. The molecule has 1 aliphatic rings. The van der Waals surface area contributed by atoms with Gasteiger partial charge in [-0.15, -0.1) is 0 Å². The molecule has 234 valence electrons. The van der Waals surface area contributed by atoms with Gasteiger partial charge >= 0.3 is 6.09 Å². The number of hydrogen-bond acceptors (Lipinski definition) is 11. The van der Waals surface area contributed by atoms with Gasteiger partial charge in [0.15, 0.2) is 5.82 Å². The van der Waals surface area contributed by atoms with E-state index in [2.05, 4.69) is 36.1 Å². The summed E-state index contributed by atoms with van der Waals surface area (Å²) in [5.74, 6) is 1.76. The molecule has 1 saturated heterocycles. The molecule has 2 amide bonds. The Morgan fingerprint density at radius 1 is 0.889 bits per heavy atom. The van der Waals surface area contributed by atoms with Gasteiger partial charge in [-0.25, -0.2) is 9.78 Å². The first-order chi connectivity index (χ1) is 21.6. The minimum atomic E-state index is -0.609. The van der Waals surface area contributed by atoms with Crippen molar-refractivity contribution in [1.82, 2.24) is 20.3 Å². The summed E-state index contributed by atoms with van der Waals surface area (Å²) in [4.78, 5) is 39.8. The van der Waals surface area contributed by atoms with Crippen molar-refractivity contribution in [2.45, 2.75) is 26.4 Å².